The number of amides is 1. The standard InChI is InChI=1S/C12H15FN2OS/c1-15-5-4-9(7-15)14-12(16)8-2-3-10(13)11(17)6-8/h2-3,6,9,17H,4-5,7H2,1H3,(H,14,16). The molecular formula is C12H15FN2OS. The van der Waals surface area contributed by atoms with Crippen molar-refractivity contribution in [2.75, 3.05) is 20.1 Å². The third-order valence-corrected chi connectivity index (χ3v) is 3.28. The number of hydrogen-bond acceptors (Lipinski definition) is 3. The summed E-state index contributed by atoms with van der Waals surface area (Å²) in [4.78, 5) is 14.2. The second-order valence-electron chi connectivity index (χ2n) is 4.39. The van der Waals surface area contributed by atoms with Crippen molar-refractivity contribution in [3.05, 3.63) is 29.6 Å². The summed E-state index contributed by atoms with van der Waals surface area (Å²) in [6, 6.07) is 4.37. The van der Waals surface area contributed by atoms with E-state index in [0.717, 1.165) is 19.5 Å². The molecule has 0 aliphatic carbocycles. The molecule has 5 heteroatoms. The summed E-state index contributed by atoms with van der Waals surface area (Å²) < 4.78 is 13.0. The Morgan fingerprint density at radius 1 is 1.59 bits per heavy atom. The van der Waals surface area contributed by atoms with Crippen molar-refractivity contribution in [1.29, 1.82) is 0 Å². The molecule has 1 amide bonds. The lowest BCUT2D eigenvalue weighted by atomic mass is 10.2. The van der Waals surface area contributed by atoms with Gasteiger partial charge in [0.05, 0.1) is 0 Å². The quantitative estimate of drug-likeness (QED) is 0.785. The van der Waals surface area contributed by atoms with E-state index in [2.05, 4.69) is 22.8 Å². The highest BCUT2D eigenvalue weighted by Gasteiger charge is 2.21. The van der Waals surface area contributed by atoms with Crippen LogP contribution in [0.2, 0.25) is 0 Å². The Balaban J connectivity index is 2.02. The number of rotatable bonds is 2. The number of halogens is 1. The van der Waals surface area contributed by atoms with Gasteiger partial charge in [-0.1, -0.05) is 0 Å². The van der Waals surface area contributed by atoms with Crippen LogP contribution in [0.15, 0.2) is 23.1 Å². The Labute approximate surface area is 105 Å². The molecule has 0 aromatic heterocycles. The number of likely N-dealkylation sites (tertiary alicyclic amines) is 1. The Morgan fingerprint density at radius 2 is 2.35 bits per heavy atom. The fraction of sp³-hybridized carbons (Fsp3) is 0.417. The van der Waals surface area contributed by atoms with Gasteiger partial charge in [-0.15, -0.1) is 12.6 Å². The van der Waals surface area contributed by atoms with Crippen molar-refractivity contribution < 1.29 is 9.18 Å². The molecule has 1 aliphatic heterocycles. The highest BCUT2D eigenvalue weighted by molar-refractivity contribution is 7.80. The Kier molecular flexibility index (Phi) is 3.69. The van der Waals surface area contributed by atoms with Crippen LogP contribution in [0.4, 0.5) is 4.39 Å². The van der Waals surface area contributed by atoms with Crippen molar-refractivity contribution in [3.63, 3.8) is 0 Å². The van der Waals surface area contributed by atoms with E-state index in [1.54, 1.807) is 0 Å². The van der Waals surface area contributed by atoms with Gasteiger partial charge in [0.25, 0.3) is 5.91 Å². The van der Waals surface area contributed by atoms with Crippen LogP contribution >= 0.6 is 12.6 Å². The van der Waals surface area contributed by atoms with Gasteiger partial charge in [0.15, 0.2) is 0 Å². The molecule has 0 spiro atoms. The van der Waals surface area contributed by atoms with Crippen LogP contribution in [0.25, 0.3) is 0 Å². The first-order valence-electron chi connectivity index (χ1n) is 5.54. The van der Waals surface area contributed by atoms with Gasteiger partial charge in [0.1, 0.15) is 5.82 Å². The second-order valence-corrected chi connectivity index (χ2v) is 4.87. The molecule has 1 atom stereocenters. The minimum Gasteiger partial charge on any atom is -0.348 e. The SMILES string of the molecule is CN1CCC(NC(=O)c2ccc(F)c(S)c2)C1. The van der Waals surface area contributed by atoms with E-state index in [0.29, 0.717) is 5.56 Å². The molecule has 1 fully saturated rings. The maximum absolute atomic E-state index is 13.0. The van der Waals surface area contributed by atoms with E-state index in [-0.39, 0.29) is 16.8 Å². The predicted molar refractivity (Wildman–Crippen MR) is 67.0 cm³/mol. The maximum atomic E-state index is 13.0. The lowest BCUT2D eigenvalue weighted by molar-refractivity contribution is 0.0938. The van der Waals surface area contributed by atoms with Crippen LogP contribution in [0.3, 0.4) is 0 Å². The van der Waals surface area contributed by atoms with Gasteiger partial charge < -0.3 is 10.2 Å². The van der Waals surface area contributed by atoms with Crippen LogP contribution in [-0.4, -0.2) is 37.0 Å². The molecule has 17 heavy (non-hydrogen) atoms. The summed E-state index contributed by atoms with van der Waals surface area (Å²) in [6.45, 7) is 1.85. The number of thiol groups is 1. The van der Waals surface area contributed by atoms with Crippen molar-refractivity contribution in [2.24, 2.45) is 0 Å². The topological polar surface area (TPSA) is 32.3 Å². The lowest BCUT2D eigenvalue weighted by Crippen LogP contribution is -2.36. The summed E-state index contributed by atoms with van der Waals surface area (Å²) in [6.07, 6.45) is 0.956. The van der Waals surface area contributed by atoms with Crippen LogP contribution < -0.4 is 5.32 Å². The fourth-order valence-corrected chi connectivity index (χ4v) is 2.19. The van der Waals surface area contributed by atoms with Gasteiger partial charge in [-0.25, -0.2) is 4.39 Å². The lowest BCUT2D eigenvalue weighted by Gasteiger charge is -2.13. The number of carbonyl (C=O) groups is 1. The zero-order valence-electron chi connectivity index (χ0n) is 9.61. The van der Waals surface area contributed by atoms with Crippen LogP contribution in [0.1, 0.15) is 16.8 Å². The molecule has 0 bridgehead atoms. The maximum Gasteiger partial charge on any atom is 0.251 e. The fourth-order valence-electron chi connectivity index (χ4n) is 1.98. The molecular weight excluding hydrogens is 239 g/mol. The van der Waals surface area contributed by atoms with Crippen LogP contribution in [0.5, 0.6) is 0 Å². The molecule has 0 radical (unpaired) electrons. The molecule has 2 rings (SSSR count). The molecule has 0 saturated carbocycles. The first-order valence-corrected chi connectivity index (χ1v) is 5.99. The third-order valence-electron chi connectivity index (χ3n) is 2.93. The Morgan fingerprint density at radius 3 is 2.94 bits per heavy atom. The zero-order valence-corrected chi connectivity index (χ0v) is 10.5. The highest BCUT2D eigenvalue weighted by atomic mass is 32.1. The number of likely N-dealkylation sites (N-methyl/N-ethyl adjacent to an activating group) is 1. The number of nitrogens with one attached hydrogen (secondary N) is 1. The minimum atomic E-state index is -0.412. The largest absolute Gasteiger partial charge is 0.348 e. The molecule has 1 N–H and O–H groups in total. The average Bonchev–Trinajstić information content (AvgIpc) is 2.68. The molecule has 1 aromatic rings. The first-order chi connectivity index (χ1) is 8.06. The van der Waals surface area contributed by atoms with E-state index in [1.165, 1.54) is 18.2 Å². The monoisotopic (exact) mass is 254 g/mol. The van der Waals surface area contributed by atoms with E-state index >= 15 is 0 Å². The molecule has 1 aromatic carbocycles. The summed E-state index contributed by atoms with van der Waals surface area (Å²) in [5.41, 5.74) is 0.450. The van der Waals surface area contributed by atoms with Crippen molar-refractivity contribution in [1.82, 2.24) is 10.2 Å². The molecule has 1 saturated heterocycles. The van der Waals surface area contributed by atoms with E-state index in [1.807, 2.05) is 7.05 Å². The van der Waals surface area contributed by atoms with E-state index in [9.17, 15) is 9.18 Å². The number of nitrogens with zero attached hydrogens (tertiary/aromatic N) is 1. The summed E-state index contributed by atoms with van der Waals surface area (Å²) in [5, 5.41) is 2.94. The van der Waals surface area contributed by atoms with Crippen molar-refractivity contribution >= 4 is 18.5 Å². The van der Waals surface area contributed by atoms with E-state index < -0.39 is 5.82 Å². The van der Waals surface area contributed by atoms with Crippen molar-refractivity contribution in [2.45, 2.75) is 17.4 Å². The highest BCUT2D eigenvalue weighted by Crippen LogP contribution is 2.15. The van der Waals surface area contributed by atoms with Gasteiger partial charge >= 0.3 is 0 Å². The van der Waals surface area contributed by atoms with Gasteiger partial charge in [-0.3, -0.25) is 4.79 Å². The Hall–Kier alpha value is -1.07. The molecule has 1 unspecified atom stereocenters. The number of benzene rings is 1. The second kappa shape index (κ2) is 5.06. The number of carbonyl (C=O) groups excluding carboxylic acids is 1. The summed E-state index contributed by atoms with van der Waals surface area (Å²) >= 11 is 3.96. The van der Waals surface area contributed by atoms with Crippen LogP contribution in [-0.2, 0) is 0 Å². The predicted octanol–water partition coefficient (Wildman–Crippen LogP) is 1.55. The van der Waals surface area contributed by atoms with Gasteiger partial charge in [-0.05, 0) is 38.2 Å². The molecule has 92 valence electrons. The smallest absolute Gasteiger partial charge is 0.251 e. The van der Waals surface area contributed by atoms with Crippen LogP contribution in [0, 0.1) is 5.82 Å². The Bertz CT molecular complexity index is 439. The van der Waals surface area contributed by atoms with Gasteiger partial charge in [-0.2, -0.15) is 0 Å². The average molecular weight is 254 g/mol. The summed E-state index contributed by atoms with van der Waals surface area (Å²) in [5.74, 6) is -0.578. The normalized spacial score (nSPS) is 20.5. The zero-order chi connectivity index (χ0) is 12.4. The van der Waals surface area contributed by atoms with Crippen molar-refractivity contribution in [3.8, 4) is 0 Å². The molecule has 1 aliphatic rings. The van der Waals surface area contributed by atoms with Gasteiger partial charge in [0.2, 0.25) is 0 Å². The number of hydrogen-bond donors (Lipinski definition) is 2. The summed E-state index contributed by atoms with van der Waals surface area (Å²) in [7, 11) is 2.02. The minimum absolute atomic E-state index is 0.166. The van der Waals surface area contributed by atoms with E-state index in [4.69, 9.17) is 0 Å². The molecule has 3 nitrogen and oxygen atoms in total. The first kappa shape index (κ1) is 12.4. The third kappa shape index (κ3) is 2.98. The molecule has 1 heterocycles. The van der Waals surface area contributed by atoms with Gasteiger partial charge in [0, 0.05) is 23.0 Å².